The Kier molecular flexibility index (Phi) is 5.59. The van der Waals surface area contributed by atoms with E-state index in [0.717, 1.165) is 12.1 Å². The van der Waals surface area contributed by atoms with Crippen LogP contribution < -0.4 is 5.32 Å². The molecule has 0 radical (unpaired) electrons. The number of piperazine rings is 1. The maximum Gasteiger partial charge on any atom is 0.240 e. The summed E-state index contributed by atoms with van der Waals surface area (Å²) in [7, 11) is 0. The highest BCUT2D eigenvalue weighted by Gasteiger charge is 2.29. The summed E-state index contributed by atoms with van der Waals surface area (Å²) in [6.07, 6.45) is 3.86. The first kappa shape index (κ1) is 18.5. The Morgan fingerprint density at radius 3 is 2.86 bits per heavy atom. The zero-order chi connectivity index (χ0) is 19.3. The summed E-state index contributed by atoms with van der Waals surface area (Å²) in [6, 6.07) is 9.25. The standard InChI is InChI=1S/C19H19ClN6O2/c20-14-5-2-1-4-13(14)15-12-21-10-11-26(15)17(27)7-6-16-24-19(25-28-16)18-22-8-3-9-23-18/h1-5,8-9,15,21H,6-7,10-12H2. The van der Waals surface area contributed by atoms with Crippen molar-refractivity contribution in [1.82, 2.24) is 30.3 Å². The molecule has 1 fully saturated rings. The molecule has 8 nitrogen and oxygen atoms in total. The number of hydrogen-bond acceptors (Lipinski definition) is 7. The SMILES string of the molecule is O=C(CCc1nc(-c2ncccn2)no1)N1CCNCC1c1ccccc1Cl. The van der Waals surface area contributed by atoms with Gasteiger partial charge in [0.05, 0.1) is 6.04 Å². The predicted octanol–water partition coefficient (Wildman–Crippen LogP) is 2.29. The van der Waals surface area contributed by atoms with Crippen LogP contribution in [0.5, 0.6) is 0 Å². The molecule has 2 aromatic heterocycles. The summed E-state index contributed by atoms with van der Waals surface area (Å²) in [5, 5.41) is 7.89. The van der Waals surface area contributed by atoms with E-state index < -0.39 is 0 Å². The Balaban J connectivity index is 1.43. The number of carbonyl (C=O) groups excluding carboxylic acids is 1. The zero-order valence-corrected chi connectivity index (χ0v) is 15.8. The average Bonchev–Trinajstić information content (AvgIpc) is 3.22. The largest absolute Gasteiger partial charge is 0.339 e. The monoisotopic (exact) mass is 398 g/mol. The number of hydrogen-bond donors (Lipinski definition) is 1. The van der Waals surface area contributed by atoms with Crippen molar-refractivity contribution in [2.75, 3.05) is 19.6 Å². The lowest BCUT2D eigenvalue weighted by Gasteiger charge is -2.37. The van der Waals surface area contributed by atoms with Crippen LogP contribution >= 0.6 is 11.6 Å². The second kappa shape index (κ2) is 8.45. The highest BCUT2D eigenvalue weighted by Crippen LogP contribution is 2.29. The summed E-state index contributed by atoms with van der Waals surface area (Å²) in [5.74, 6) is 1.13. The van der Waals surface area contributed by atoms with E-state index in [4.69, 9.17) is 16.1 Å². The topological polar surface area (TPSA) is 97.0 Å². The average molecular weight is 399 g/mol. The third-order valence-electron chi connectivity index (χ3n) is 4.61. The minimum atomic E-state index is -0.0917. The van der Waals surface area contributed by atoms with Crippen LogP contribution in [-0.2, 0) is 11.2 Å². The molecule has 0 spiro atoms. The van der Waals surface area contributed by atoms with Gasteiger partial charge in [-0.2, -0.15) is 4.98 Å². The van der Waals surface area contributed by atoms with Gasteiger partial charge in [-0.3, -0.25) is 4.79 Å². The number of carbonyl (C=O) groups is 1. The van der Waals surface area contributed by atoms with Crippen LogP contribution in [0.2, 0.25) is 5.02 Å². The van der Waals surface area contributed by atoms with E-state index in [1.54, 1.807) is 18.5 Å². The van der Waals surface area contributed by atoms with Crippen molar-refractivity contribution in [3.8, 4) is 11.6 Å². The van der Waals surface area contributed by atoms with E-state index in [1.165, 1.54) is 0 Å². The van der Waals surface area contributed by atoms with Crippen molar-refractivity contribution in [2.45, 2.75) is 18.9 Å². The van der Waals surface area contributed by atoms with E-state index in [-0.39, 0.29) is 18.4 Å². The highest BCUT2D eigenvalue weighted by molar-refractivity contribution is 6.31. The maximum atomic E-state index is 12.9. The quantitative estimate of drug-likeness (QED) is 0.704. The van der Waals surface area contributed by atoms with E-state index in [0.29, 0.717) is 42.1 Å². The first-order valence-electron chi connectivity index (χ1n) is 9.07. The van der Waals surface area contributed by atoms with Gasteiger partial charge in [0.25, 0.3) is 0 Å². The Hall–Kier alpha value is -2.84. The lowest BCUT2D eigenvalue weighted by atomic mass is 10.0. The Bertz CT molecular complexity index is 948. The molecule has 3 aromatic rings. The summed E-state index contributed by atoms with van der Waals surface area (Å²) >= 11 is 6.35. The van der Waals surface area contributed by atoms with Crippen LogP contribution in [-0.4, -0.2) is 50.5 Å². The van der Waals surface area contributed by atoms with Crippen LogP contribution in [0.25, 0.3) is 11.6 Å². The second-order valence-electron chi connectivity index (χ2n) is 6.41. The molecule has 0 bridgehead atoms. The van der Waals surface area contributed by atoms with Crippen LogP contribution in [0.15, 0.2) is 47.2 Å². The molecular weight excluding hydrogens is 380 g/mol. The molecule has 1 atom stereocenters. The van der Waals surface area contributed by atoms with Crippen molar-refractivity contribution in [2.24, 2.45) is 0 Å². The number of aromatic nitrogens is 4. The molecule has 0 aliphatic carbocycles. The molecule has 144 valence electrons. The smallest absolute Gasteiger partial charge is 0.240 e. The molecule has 1 unspecified atom stereocenters. The van der Waals surface area contributed by atoms with Gasteiger partial charge < -0.3 is 14.7 Å². The van der Waals surface area contributed by atoms with Crippen LogP contribution in [0.3, 0.4) is 0 Å². The van der Waals surface area contributed by atoms with Crippen molar-refractivity contribution in [3.63, 3.8) is 0 Å². The number of benzene rings is 1. The van der Waals surface area contributed by atoms with Crippen molar-refractivity contribution >= 4 is 17.5 Å². The van der Waals surface area contributed by atoms with Gasteiger partial charge in [-0.1, -0.05) is 35.0 Å². The Labute approximate surface area is 166 Å². The molecule has 1 aliphatic rings. The maximum absolute atomic E-state index is 12.9. The molecule has 3 heterocycles. The third kappa shape index (κ3) is 4.02. The molecule has 4 rings (SSSR count). The highest BCUT2D eigenvalue weighted by atomic mass is 35.5. The second-order valence-corrected chi connectivity index (χ2v) is 6.82. The van der Waals surface area contributed by atoms with Crippen LogP contribution in [0.4, 0.5) is 0 Å². The molecule has 28 heavy (non-hydrogen) atoms. The number of halogens is 1. The van der Waals surface area contributed by atoms with E-state index >= 15 is 0 Å². The molecule has 0 saturated carbocycles. The van der Waals surface area contributed by atoms with Gasteiger partial charge >= 0.3 is 0 Å². The van der Waals surface area contributed by atoms with Gasteiger partial charge in [0, 0.05) is 49.9 Å². The molecule has 1 N–H and O–H groups in total. The van der Waals surface area contributed by atoms with Gasteiger partial charge in [0.2, 0.25) is 23.4 Å². The summed E-state index contributed by atoms with van der Waals surface area (Å²) < 4.78 is 5.24. The number of aryl methyl sites for hydroxylation is 1. The van der Waals surface area contributed by atoms with E-state index in [1.807, 2.05) is 29.2 Å². The fraction of sp³-hybridized carbons (Fsp3) is 0.316. The summed E-state index contributed by atoms with van der Waals surface area (Å²) in [6.45, 7) is 2.05. The first-order chi connectivity index (χ1) is 13.7. The fourth-order valence-electron chi connectivity index (χ4n) is 3.25. The van der Waals surface area contributed by atoms with Gasteiger partial charge in [-0.15, -0.1) is 0 Å². The summed E-state index contributed by atoms with van der Waals surface area (Å²) in [5.41, 5.74) is 0.950. The Morgan fingerprint density at radius 1 is 1.21 bits per heavy atom. The molecule has 1 amide bonds. The number of rotatable bonds is 5. The van der Waals surface area contributed by atoms with Crippen LogP contribution in [0, 0.1) is 0 Å². The van der Waals surface area contributed by atoms with Gasteiger partial charge in [0.15, 0.2) is 0 Å². The minimum absolute atomic E-state index is 0.0298. The third-order valence-corrected chi connectivity index (χ3v) is 4.96. The molecular formula is C19H19ClN6O2. The minimum Gasteiger partial charge on any atom is -0.339 e. The van der Waals surface area contributed by atoms with E-state index in [9.17, 15) is 4.79 Å². The van der Waals surface area contributed by atoms with E-state index in [2.05, 4.69) is 25.4 Å². The van der Waals surface area contributed by atoms with Crippen molar-refractivity contribution in [3.05, 3.63) is 59.2 Å². The van der Waals surface area contributed by atoms with Gasteiger partial charge in [0.1, 0.15) is 0 Å². The van der Waals surface area contributed by atoms with Crippen molar-refractivity contribution < 1.29 is 9.32 Å². The lowest BCUT2D eigenvalue weighted by Crippen LogP contribution is -2.48. The zero-order valence-electron chi connectivity index (χ0n) is 15.1. The molecule has 9 heteroatoms. The number of nitrogens with one attached hydrogen (secondary N) is 1. The van der Waals surface area contributed by atoms with Crippen LogP contribution in [0.1, 0.15) is 23.9 Å². The normalized spacial score (nSPS) is 16.9. The lowest BCUT2D eigenvalue weighted by molar-refractivity contribution is -0.134. The molecule has 1 aliphatic heterocycles. The first-order valence-corrected chi connectivity index (χ1v) is 9.45. The molecule has 1 saturated heterocycles. The fourth-order valence-corrected chi connectivity index (χ4v) is 3.51. The van der Waals surface area contributed by atoms with Gasteiger partial charge in [-0.25, -0.2) is 9.97 Å². The van der Waals surface area contributed by atoms with Crippen molar-refractivity contribution in [1.29, 1.82) is 0 Å². The summed E-state index contributed by atoms with van der Waals surface area (Å²) in [4.78, 5) is 27.2. The number of nitrogens with zero attached hydrogens (tertiary/aromatic N) is 5. The predicted molar refractivity (Wildman–Crippen MR) is 102 cm³/mol. The Morgan fingerprint density at radius 2 is 2.04 bits per heavy atom. The van der Waals surface area contributed by atoms with Gasteiger partial charge in [-0.05, 0) is 17.7 Å². The molecule has 1 aromatic carbocycles. The number of amides is 1.